The Bertz CT molecular complexity index is 355. The maximum atomic E-state index is 12.3. The Labute approximate surface area is 122 Å². The van der Waals surface area contributed by atoms with Gasteiger partial charge in [0, 0.05) is 12.0 Å². The molecule has 1 rings (SSSR count). The lowest BCUT2D eigenvalue weighted by molar-refractivity contribution is -0.151. The topological polar surface area (TPSA) is 66.4 Å². The second-order valence-electron chi connectivity index (χ2n) is 7.31. The van der Waals surface area contributed by atoms with Crippen LogP contribution in [0.5, 0.6) is 0 Å². The van der Waals surface area contributed by atoms with E-state index >= 15 is 0 Å². The van der Waals surface area contributed by atoms with E-state index < -0.39 is 16.8 Å². The fourth-order valence-corrected chi connectivity index (χ4v) is 3.30. The molecule has 0 unspecified atom stereocenters. The van der Waals surface area contributed by atoms with Gasteiger partial charge >= 0.3 is 5.97 Å². The van der Waals surface area contributed by atoms with E-state index in [0.29, 0.717) is 18.8 Å². The van der Waals surface area contributed by atoms with E-state index in [4.69, 9.17) is 0 Å². The summed E-state index contributed by atoms with van der Waals surface area (Å²) >= 11 is 0. The second kappa shape index (κ2) is 6.59. The zero-order valence-corrected chi connectivity index (χ0v) is 13.3. The van der Waals surface area contributed by atoms with Crippen molar-refractivity contribution in [2.75, 3.05) is 6.54 Å². The quantitative estimate of drug-likeness (QED) is 0.786. The number of aliphatic carboxylic acids is 1. The lowest BCUT2D eigenvalue weighted by Crippen LogP contribution is -2.47. The molecule has 4 heteroatoms. The van der Waals surface area contributed by atoms with E-state index in [-0.39, 0.29) is 12.5 Å². The summed E-state index contributed by atoms with van der Waals surface area (Å²) in [6.45, 7) is 8.31. The summed E-state index contributed by atoms with van der Waals surface area (Å²) in [4.78, 5) is 23.9. The lowest BCUT2D eigenvalue weighted by atomic mass is 9.73. The molecule has 0 radical (unpaired) electrons. The predicted octanol–water partition coefficient (Wildman–Crippen LogP) is 3.21. The van der Waals surface area contributed by atoms with Crippen LogP contribution < -0.4 is 5.32 Å². The van der Waals surface area contributed by atoms with Crippen LogP contribution >= 0.6 is 0 Å². The van der Waals surface area contributed by atoms with Crippen molar-refractivity contribution >= 4 is 11.9 Å². The molecule has 1 aliphatic carbocycles. The van der Waals surface area contributed by atoms with Crippen LogP contribution in [0.1, 0.15) is 66.2 Å². The fraction of sp³-hybridized carbons (Fsp3) is 0.875. The highest BCUT2D eigenvalue weighted by Crippen LogP contribution is 2.36. The van der Waals surface area contributed by atoms with Crippen LogP contribution in [0, 0.1) is 16.7 Å². The molecule has 0 aromatic rings. The largest absolute Gasteiger partial charge is 0.481 e. The number of carbonyl (C=O) groups is 2. The molecule has 0 aromatic carbocycles. The zero-order chi connectivity index (χ0) is 15.4. The Hall–Kier alpha value is -1.06. The minimum atomic E-state index is -0.765. The van der Waals surface area contributed by atoms with Gasteiger partial charge < -0.3 is 10.4 Å². The number of carbonyl (C=O) groups excluding carboxylic acids is 1. The molecule has 0 aromatic heterocycles. The Balaban J connectivity index is 2.63. The van der Waals surface area contributed by atoms with Gasteiger partial charge in [-0.05, 0) is 25.2 Å². The molecular weight excluding hydrogens is 254 g/mol. The predicted molar refractivity (Wildman–Crippen MR) is 79.4 cm³/mol. The van der Waals surface area contributed by atoms with Crippen LogP contribution in [0.15, 0.2) is 0 Å². The van der Waals surface area contributed by atoms with Crippen LogP contribution in [-0.4, -0.2) is 23.5 Å². The van der Waals surface area contributed by atoms with Crippen molar-refractivity contribution in [1.29, 1.82) is 0 Å². The van der Waals surface area contributed by atoms with Crippen LogP contribution in [-0.2, 0) is 9.59 Å². The van der Waals surface area contributed by atoms with Gasteiger partial charge in [0.2, 0.25) is 5.91 Å². The molecule has 0 bridgehead atoms. The minimum absolute atomic E-state index is 0.0302. The molecule has 0 saturated heterocycles. The molecule has 1 amide bonds. The lowest BCUT2D eigenvalue weighted by Gasteiger charge is -2.34. The monoisotopic (exact) mass is 283 g/mol. The van der Waals surface area contributed by atoms with Crippen molar-refractivity contribution in [3.05, 3.63) is 0 Å². The number of hydrogen-bond donors (Lipinski definition) is 2. The first-order chi connectivity index (χ1) is 9.19. The highest BCUT2D eigenvalue weighted by Gasteiger charge is 2.40. The van der Waals surface area contributed by atoms with Crippen molar-refractivity contribution in [2.24, 2.45) is 16.7 Å². The number of nitrogens with one attached hydrogen (secondary N) is 1. The van der Waals surface area contributed by atoms with E-state index in [2.05, 4.69) is 19.2 Å². The molecule has 20 heavy (non-hydrogen) atoms. The summed E-state index contributed by atoms with van der Waals surface area (Å²) in [6, 6.07) is 0. The summed E-state index contributed by atoms with van der Waals surface area (Å²) < 4.78 is 0. The molecule has 0 aliphatic heterocycles. The minimum Gasteiger partial charge on any atom is -0.481 e. The maximum absolute atomic E-state index is 12.3. The summed E-state index contributed by atoms with van der Waals surface area (Å²) in [5.41, 5.74) is -1.19. The van der Waals surface area contributed by atoms with Crippen molar-refractivity contribution < 1.29 is 14.7 Å². The average Bonchev–Trinajstić information content (AvgIpc) is 2.35. The maximum Gasteiger partial charge on any atom is 0.311 e. The third-order valence-electron chi connectivity index (χ3n) is 4.38. The standard InChI is InChI=1S/C16H29NO3/c1-12(2)10-15(3,4)13(18)17-11-16(14(19)20)8-6-5-7-9-16/h12H,5-11H2,1-4H3,(H,17,18)(H,19,20). The van der Waals surface area contributed by atoms with E-state index in [1.54, 1.807) is 0 Å². The SMILES string of the molecule is CC(C)CC(C)(C)C(=O)NCC1(C(=O)O)CCCCC1. The molecule has 2 N–H and O–H groups in total. The Morgan fingerprint density at radius 2 is 1.75 bits per heavy atom. The number of rotatable bonds is 6. The Morgan fingerprint density at radius 3 is 2.20 bits per heavy atom. The number of carboxylic acid groups (broad SMARTS) is 1. The van der Waals surface area contributed by atoms with Gasteiger partial charge in [0.15, 0.2) is 0 Å². The van der Waals surface area contributed by atoms with Gasteiger partial charge in [-0.3, -0.25) is 9.59 Å². The first-order valence-corrected chi connectivity index (χ1v) is 7.71. The van der Waals surface area contributed by atoms with Crippen molar-refractivity contribution in [3.63, 3.8) is 0 Å². The van der Waals surface area contributed by atoms with Gasteiger partial charge in [-0.15, -0.1) is 0 Å². The van der Waals surface area contributed by atoms with Crippen LogP contribution in [0.2, 0.25) is 0 Å². The smallest absolute Gasteiger partial charge is 0.311 e. The number of amides is 1. The molecule has 1 fully saturated rings. The van der Waals surface area contributed by atoms with Gasteiger partial charge in [0.1, 0.15) is 0 Å². The molecule has 0 heterocycles. The third-order valence-corrected chi connectivity index (χ3v) is 4.38. The highest BCUT2D eigenvalue weighted by atomic mass is 16.4. The first-order valence-electron chi connectivity index (χ1n) is 7.71. The highest BCUT2D eigenvalue weighted by molar-refractivity contribution is 5.83. The molecule has 0 atom stereocenters. The molecule has 4 nitrogen and oxygen atoms in total. The van der Waals surface area contributed by atoms with E-state index in [1.165, 1.54) is 0 Å². The number of hydrogen-bond acceptors (Lipinski definition) is 2. The summed E-state index contributed by atoms with van der Waals surface area (Å²) in [6.07, 6.45) is 5.14. The van der Waals surface area contributed by atoms with Gasteiger partial charge in [-0.2, -0.15) is 0 Å². The Morgan fingerprint density at radius 1 is 1.20 bits per heavy atom. The first kappa shape index (κ1) is 17.0. The molecule has 116 valence electrons. The number of carboxylic acids is 1. The third kappa shape index (κ3) is 4.22. The Kier molecular flexibility index (Phi) is 5.60. The fourth-order valence-electron chi connectivity index (χ4n) is 3.30. The molecule has 0 spiro atoms. The zero-order valence-electron chi connectivity index (χ0n) is 13.3. The van der Waals surface area contributed by atoms with Gasteiger partial charge in [-0.1, -0.05) is 47.0 Å². The molecule has 1 aliphatic rings. The summed E-state index contributed by atoms with van der Waals surface area (Å²) in [5, 5.41) is 12.4. The van der Waals surface area contributed by atoms with E-state index in [1.807, 2.05) is 13.8 Å². The van der Waals surface area contributed by atoms with Crippen LogP contribution in [0.3, 0.4) is 0 Å². The summed E-state index contributed by atoms with van der Waals surface area (Å²) in [7, 11) is 0. The van der Waals surface area contributed by atoms with E-state index in [0.717, 1.165) is 25.7 Å². The van der Waals surface area contributed by atoms with Crippen molar-refractivity contribution in [3.8, 4) is 0 Å². The van der Waals surface area contributed by atoms with Gasteiger partial charge in [0.05, 0.1) is 5.41 Å². The molecular formula is C16H29NO3. The second-order valence-corrected chi connectivity index (χ2v) is 7.31. The molecule has 1 saturated carbocycles. The van der Waals surface area contributed by atoms with Crippen LogP contribution in [0.4, 0.5) is 0 Å². The van der Waals surface area contributed by atoms with E-state index in [9.17, 15) is 14.7 Å². The van der Waals surface area contributed by atoms with Gasteiger partial charge in [-0.25, -0.2) is 0 Å². The van der Waals surface area contributed by atoms with Gasteiger partial charge in [0.25, 0.3) is 0 Å². The van der Waals surface area contributed by atoms with Crippen LogP contribution in [0.25, 0.3) is 0 Å². The average molecular weight is 283 g/mol. The summed E-state index contributed by atoms with van der Waals surface area (Å²) in [5.74, 6) is -0.351. The van der Waals surface area contributed by atoms with Crippen molar-refractivity contribution in [1.82, 2.24) is 5.32 Å². The van der Waals surface area contributed by atoms with Crippen molar-refractivity contribution in [2.45, 2.75) is 66.2 Å². The normalized spacial score (nSPS) is 18.9.